The Morgan fingerprint density at radius 3 is 2.50 bits per heavy atom. The molecule has 2 amide bonds. The minimum absolute atomic E-state index is 0.185. The van der Waals surface area contributed by atoms with Gasteiger partial charge in [-0.05, 0) is 50.5 Å². The number of fused-ring (bicyclic) bond motifs is 1. The van der Waals surface area contributed by atoms with E-state index in [1.807, 2.05) is 51.1 Å². The fourth-order valence-corrected chi connectivity index (χ4v) is 3.38. The van der Waals surface area contributed by atoms with Crippen LogP contribution in [0.25, 0.3) is 5.52 Å². The van der Waals surface area contributed by atoms with Crippen molar-refractivity contribution >= 4 is 23.0 Å². The van der Waals surface area contributed by atoms with Gasteiger partial charge in [0.15, 0.2) is 5.69 Å². The van der Waals surface area contributed by atoms with Gasteiger partial charge >= 0.3 is 0 Å². The molecule has 1 aromatic carbocycles. The highest BCUT2D eigenvalue weighted by atomic mass is 16.2. The first-order chi connectivity index (χ1) is 13.5. The third kappa shape index (κ3) is 3.50. The number of amides is 2. The van der Waals surface area contributed by atoms with E-state index >= 15 is 0 Å². The van der Waals surface area contributed by atoms with Crippen LogP contribution in [0.1, 0.15) is 53.0 Å². The number of hydrogen-bond acceptors (Lipinski definition) is 3. The summed E-state index contributed by atoms with van der Waals surface area (Å²) in [4.78, 5) is 32.1. The predicted molar refractivity (Wildman–Crippen MR) is 111 cm³/mol. The average Bonchev–Trinajstić information content (AvgIpc) is 3.10. The summed E-state index contributed by atoms with van der Waals surface area (Å²) in [7, 11) is 0. The van der Waals surface area contributed by atoms with Crippen molar-refractivity contribution in [2.24, 2.45) is 0 Å². The normalized spacial score (nSPS) is 10.9. The van der Waals surface area contributed by atoms with Crippen molar-refractivity contribution in [3.63, 3.8) is 0 Å². The van der Waals surface area contributed by atoms with Crippen molar-refractivity contribution in [2.75, 3.05) is 18.4 Å². The van der Waals surface area contributed by atoms with Crippen molar-refractivity contribution in [3.8, 4) is 0 Å². The van der Waals surface area contributed by atoms with Crippen LogP contribution in [-0.4, -0.2) is 39.2 Å². The van der Waals surface area contributed by atoms with Gasteiger partial charge in [-0.2, -0.15) is 0 Å². The molecule has 0 fully saturated rings. The molecule has 0 radical (unpaired) electrons. The Kier molecular flexibility index (Phi) is 5.78. The fraction of sp³-hybridized carbons (Fsp3) is 0.318. The Morgan fingerprint density at radius 1 is 1.07 bits per heavy atom. The summed E-state index contributed by atoms with van der Waals surface area (Å²) in [6.07, 6.45) is 2.58. The number of aryl methyl sites for hydroxylation is 2. The zero-order valence-corrected chi connectivity index (χ0v) is 16.8. The minimum Gasteiger partial charge on any atom is -0.337 e. The topological polar surface area (TPSA) is 66.7 Å². The number of hydrogen-bond donors (Lipinski definition) is 1. The van der Waals surface area contributed by atoms with Crippen LogP contribution in [0.3, 0.4) is 0 Å². The number of aromatic nitrogens is 2. The lowest BCUT2D eigenvalue weighted by molar-refractivity contribution is 0.0760. The van der Waals surface area contributed by atoms with Crippen molar-refractivity contribution in [2.45, 2.75) is 34.1 Å². The Labute approximate surface area is 165 Å². The smallest absolute Gasteiger partial charge is 0.290 e. The number of carbonyl (C=O) groups excluding carboxylic acids is 2. The van der Waals surface area contributed by atoms with Gasteiger partial charge < -0.3 is 10.2 Å². The summed E-state index contributed by atoms with van der Waals surface area (Å²) in [6.45, 7) is 9.04. The lowest BCUT2D eigenvalue weighted by Gasteiger charge is -2.17. The number of pyridine rings is 1. The molecule has 0 spiro atoms. The first-order valence-corrected chi connectivity index (χ1v) is 9.67. The highest BCUT2D eigenvalue weighted by molar-refractivity contribution is 6.09. The number of nitrogens with zero attached hydrogens (tertiary/aromatic N) is 3. The molecule has 0 unspecified atom stereocenters. The number of para-hydroxylation sites is 1. The van der Waals surface area contributed by atoms with Gasteiger partial charge in [0.25, 0.3) is 11.8 Å². The van der Waals surface area contributed by atoms with Gasteiger partial charge in [-0.25, -0.2) is 4.98 Å². The van der Waals surface area contributed by atoms with Crippen LogP contribution in [0, 0.1) is 6.92 Å². The van der Waals surface area contributed by atoms with Gasteiger partial charge in [0.05, 0.1) is 5.52 Å². The summed E-state index contributed by atoms with van der Waals surface area (Å²) < 4.78 is 1.69. The predicted octanol–water partition coefficient (Wildman–Crippen LogP) is 3.94. The summed E-state index contributed by atoms with van der Waals surface area (Å²) >= 11 is 0. The summed E-state index contributed by atoms with van der Waals surface area (Å²) in [5, 5.41) is 3.01. The molecular formula is C22H26N4O2. The maximum absolute atomic E-state index is 13.1. The number of nitrogens with one attached hydrogen (secondary N) is 1. The highest BCUT2D eigenvalue weighted by Crippen LogP contribution is 2.23. The Bertz CT molecular complexity index is 1020. The molecule has 0 bridgehead atoms. The zero-order chi connectivity index (χ0) is 20.3. The zero-order valence-electron chi connectivity index (χ0n) is 16.8. The van der Waals surface area contributed by atoms with Crippen LogP contribution in [0.4, 0.5) is 5.69 Å². The van der Waals surface area contributed by atoms with Gasteiger partial charge in [-0.3, -0.25) is 14.0 Å². The van der Waals surface area contributed by atoms with Gasteiger partial charge in [-0.15, -0.1) is 0 Å². The van der Waals surface area contributed by atoms with Crippen molar-refractivity contribution in [3.05, 3.63) is 65.2 Å². The van der Waals surface area contributed by atoms with Gasteiger partial charge in [-0.1, -0.05) is 31.2 Å². The van der Waals surface area contributed by atoms with Crippen LogP contribution >= 0.6 is 0 Å². The van der Waals surface area contributed by atoms with Crippen LogP contribution < -0.4 is 5.32 Å². The molecule has 3 rings (SSSR count). The first-order valence-electron chi connectivity index (χ1n) is 9.67. The lowest BCUT2D eigenvalue weighted by Crippen LogP contribution is -2.32. The van der Waals surface area contributed by atoms with Crippen LogP contribution in [0.2, 0.25) is 0 Å². The summed E-state index contributed by atoms with van der Waals surface area (Å²) in [5.41, 5.74) is 3.74. The van der Waals surface area contributed by atoms with Crippen molar-refractivity contribution in [1.29, 1.82) is 0 Å². The molecule has 0 aliphatic heterocycles. The van der Waals surface area contributed by atoms with Gasteiger partial charge in [0.2, 0.25) is 5.82 Å². The molecule has 0 aliphatic carbocycles. The van der Waals surface area contributed by atoms with E-state index in [2.05, 4.69) is 17.2 Å². The average molecular weight is 378 g/mol. The molecule has 3 aromatic rings. The number of imidazole rings is 1. The molecular weight excluding hydrogens is 352 g/mol. The molecule has 6 nitrogen and oxygen atoms in total. The molecule has 28 heavy (non-hydrogen) atoms. The van der Waals surface area contributed by atoms with E-state index in [9.17, 15) is 9.59 Å². The van der Waals surface area contributed by atoms with Crippen LogP contribution in [-0.2, 0) is 6.42 Å². The SMILES string of the molecule is CCc1cccc(C)c1NC(=O)c1nc(C(=O)N(CC)CC)n2ccccc12. The molecule has 2 aromatic heterocycles. The van der Waals surface area contributed by atoms with Crippen molar-refractivity contribution in [1.82, 2.24) is 14.3 Å². The van der Waals surface area contributed by atoms with E-state index in [0.717, 1.165) is 23.2 Å². The van der Waals surface area contributed by atoms with E-state index in [4.69, 9.17) is 0 Å². The van der Waals surface area contributed by atoms with E-state index in [0.29, 0.717) is 18.6 Å². The first kappa shape index (κ1) is 19.6. The second-order valence-corrected chi connectivity index (χ2v) is 6.63. The fourth-order valence-electron chi connectivity index (χ4n) is 3.38. The molecule has 0 saturated heterocycles. The second-order valence-electron chi connectivity index (χ2n) is 6.63. The lowest BCUT2D eigenvalue weighted by atomic mass is 10.1. The Balaban J connectivity index is 2.05. The Morgan fingerprint density at radius 2 is 1.82 bits per heavy atom. The van der Waals surface area contributed by atoms with Crippen LogP contribution in [0.5, 0.6) is 0 Å². The third-order valence-electron chi connectivity index (χ3n) is 4.98. The van der Waals surface area contributed by atoms with E-state index in [1.165, 1.54) is 0 Å². The Hall–Kier alpha value is -3.15. The maximum atomic E-state index is 13.1. The largest absolute Gasteiger partial charge is 0.337 e. The second kappa shape index (κ2) is 8.25. The number of carbonyl (C=O) groups is 2. The van der Waals surface area contributed by atoms with Gasteiger partial charge in [0.1, 0.15) is 0 Å². The van der Waals surface area contributed by atoms with Crippen LogP contribution in [0.15, 0.2) is 42.6 Å². The monoisotopic (exact) mass is 378 g/mol. The minimum atomic E-state index is -0.314. The number of anilines is 1. The molecule has 6 heteroatoms. The van der Waals surface area contributed by atoms with E-state index in [-0.39, 0.29) is 23.3 Å². The maximum Gasteiger partial charge on any atom is 0.290 e. The summed E-state index contributed by atoms with van der Waals surface area (Å²) in [5.74, 6) is -0.244. The molecule has 0 saturated carbocycles. The van der Waals surface area contributed by atoms with Gasteiger partial charge in [0, 0.05) is 25.0 Å². The molecule has 0 aliphatic rings. The number of benzene rings is 1. The highest BCUT2D eigenvalue weighted by Gasteiger charge is 2.24. The summed E-state index contributed by atoms with van der Waals surface area (Å²) in [6, 6.07) is 11.4. The molecule has 0 atom stereocenters. The third-order valence-corrected chi connectivity index (χ3v) is 4.98. The van der Waals surface area contributed by atoms with Crippen molar-refractivity contribution < 1.29 is 9.59 Å². The molecule has 2 heterocycles. The van der Waals surface area contributed by atoms with E-state index < -0.39 is 0 Å². The number of rotatable bonds is 6. The standard InChI is InChI=1S/C22H26N4O2/c1-5-16-12-10-11-15(4)18(16)24-21(27)19-17-13-8-9-14-26(17)20(23-19)22(28)25(6-2)7-3/h8-14H,5-7H2,1-4H3,(H,24,27). The molecule has 1 N–H and O–H groups in total. The van der Waals surface area contributed by atoms with E-state index in [1.54, 1.807) is 21.6 Å². The molecule has 146 valence electrons. The quantitative estimate of drug-likeness (QED) is 0.706.